The molecule has 1 fully saturated rings. The van der Waals surface area contributed by atoms with E-state index >= 15 is 0 Å². The molecule has 1 aliphatic carbocycles. The molecule has 0 saturated heterocycles. The van der Waals surface area contributed by atoms with Crippen LogP contribution in [0.4, 0.5) is 0 Å². The van der Waals surface area contributed by atoms with Gasteiger partial charge in [-0.2, -0.15) is 0 Å². The Labute approximate surface area is 263 Å². The monoisotopic (exact) mass is 615 g/mol. The summed E-state index contributed by atoms with van der Waals surface area (Å²) in [5, 5.41) is 16.9. The molecule has 1 amide bonds. The molecule has 0 bridgehead atoms. The molecule has 43 heavy (non-hydrogen) atoms. The zero-order chi connectivity index (χ0) is 31.4. The Kier molecular flexibility index (Phi) is 26.5. The Balaban J connectivity index is 2.53. The maximum absolute atomic E-state index is 12.3. The average Bonchev–Trinajstić information content (AvgIpc) is 3.56. The number of nitrogens with one attached hydrogen (secondary N) is 5. The molecule has 1 aliphatic rings. The van der Waals surface area contributed by atoms with Crippen LogP contribution in [0, 0.1) is 5.92 Å². The lowest BCUT2D eigenvalue weighted by atomic mass is 10.1. The molecule has 13 nitrogen and oxygen atoms in total. The lowest BCUT2D eigenvalue weighted by Crippen LogP contribution is -2.46. The van der Waals surface area contributed by atoms with Crippen molar-refractivity contribution in [2.45, 2.75) is 25.7 Å². The minimum absolute atomic E-state index is 0.234. The van der Waals surface area contributed by atoms with Gasteiger partial charge < -0.3 is 43.8 Å². The van der Waals surface area contributed by atoms with E-state index in [4.69, 9.17) is 17.2 Å². The fourth-order valence-electron chi connectivity index (χ4n) is 5.56. The maximum atomic E-state index is 12.3. The van der Waals surface area contributed by atoms with Crippen LogP contribution in [0.3, 0.4) is 0 Å². The maximum Gasteiger partial charge on any atom is 0.223 e. The van der Waals surface area contributed by atoms with Crippen molar-refractivity contribution in [3.8, 4) is 0 Å². The van der Waals surface area contributed by atoms with Crippen molar-refractivity contribution in [1.29, 1.82) is 0 Å². The van der Waals surface area contributed by atoms with Crippen molar-refractivity contribution in [3.63, 3.8) is 0 Å². The number of nitrogens with two attached hydrogens (primary N) is 3. The van der Waals surface area contributed by atoms with E-state index in [9.17, 15) is 4.79 Å². The van der Waals surface area contributed by atoms with Crippen LogP contribution in [0.1, 0.15) is 25.7 Å². The molecule has 0 heterocycles. The van der Waals surface area contributed by atoms with Gasteiger partial charge in [0, 0.05) is 150 Å². The van der Waals surface area contributed by atoms with E-state index in [0.29, 0.717) is 26.2 Å². The first-order valence-electron chi connectivity index (χ1n) is 17.1. The second kappa shape index (κ2) is 28.5. The highest BCUT2D eigenvalue weighted by Crippen LogP contribution is 2.24. The van der Waals surface area contributed by atoms with E-state index in [1.807, 2.05) is 14.1 Å². The van der Waals surface area contributed by atoms with Gasteiger partial charge in [-0.3, -0.25) is 24.4 Å². The van der Waals surface area contributed by atoms with Gasteiger partial charge in [0.1, 0.15) is 0 Å². The van der Waals surface area contributed by atoms with Gasteiger partial charge in [0.05, 0.1) is 0 Å². The first-order chi connectivity index (χ1) is 21.1. The van der Waals surface area contributed by atoms with Crippen molar-refractivity contribution >= 4 is 5.91 Å². The predicted octanol–water partition coefficient (Wildman–Crippen LogP) is -3.01. The lowest BCUT2D eigenvalue weighted by molar-refractivity contribution is -0.124. The number of rotatable bonds is 31. The molecule has 11 N–H and O–H groups in total. The van der Waals surface area contributed by atoms with Gasteiger partial charge in [0.15, 0.2) is 0 Å². The molecule has 0 spiro atoms. The summed E-state index contributed by atoms with van der Waals surface area (Å²) < 4.78 is 0. The van der Waals surface area contributed by atoms with Gasteiger partial charge in [-0.05, 0) is 26.9 Å². The molecule has 13 heteroatoms. The van der Waals surface area contributed by atoms with Crippen LogP contribution in [-0.4, -0.2) is 184 Å². The highest BCUT2D eigenvalue weighted by molar-refractivity contribution is 5.78. The quantitative estimate of drug-likeness (QED) is 0.0373. The molecule has 1 rings (SSSR count). The van der Waals surface area contributed by atoms with Crippen LogP contribution in [-0.2, 0) is 4.79 Å². The molecule has 256 valence electrons. The van der Waals surface area contributed by atoms with Gasteiger partial charge in [-0.1, -0.05) is 12.8 Å². The third kappa shape index (κ3) is 21.4. The van der Waals surface area contributed by atoms with E-state index in [2.05, 4.69) is 46.2 Å². The van der Waals surface area contributed by atoms with Crippen LogP contribution in [0.15, 0.2) is 0 Å². The summed E-state index contributed by atoms with van der Waals surface area (Å²) in [5.74, 6) is 0.471. The van der Waals surface area contributed by atoms with Gasteiger partial charge in [0.2, 0.25) is 5.91 Å². The highest BCUT2D eigenvalue weighted by atomic mass is 16.1. The minimum atomic E-state index is 0.234. The first kappa shape index (κ1) is 40.1. The third-order valence-corrected chi connectivity index (χ3v) is 8.30. The van der Waals surface area contributed by atoms with Gasteiger partial charge >= 0.3 is 0 Å². The third-order valence-electron chi connectivity index (χ3n) is 8.30. The van der Waals surface area contributed by atoms with Gasteiger partial charge in [-0.15, -0.1) is 0 Å². The summed E-state index contributed by atoms with van der Waals surface area (Å²) in [6.45, 7) is 20.0. The summed E-state index contributed by atoms with van der Waals surface area (Å²) in [7, 11) is 4.01. The van der Waals surface area contributed by atoms with Crippen LogP contribution in [0.25, 0.3) is 0 Å². The normalized spacial score (nSPS) is 14.3. The molecule has 0 aromatic rings. The highest BCUT2D eigenvalue weighted by Gasteiger charge is 2.21. The second-order valence-electron chi connectivity index (χ2n) is 11.7. The Bertz CT molecular complexity index is 620. The number of carbonyl (C=O) groups is 1. The number of hydrogen-bond acceptors (Lipinski definition) is 12. The molecule has 0 atom stereocenters. The van der Waals surface area contributed by atoms with Crippen LogP contribution in [0.5, 0.6) is 0 Å². The minimum Gasteiger partial charge on any atom is -0.355 e. The molecule has 0 unspecified atom stereocenters. The van der Waals surface area contributed by atoms with Crippen LogP contribution >= 0.6 is 0 Å². The SMILES string of the molecule is CNCCN(CCN)CCNCCN(CCNCCNC(=O)C1CCCC1)CCN(CCNC)CCN(CCN)CCN. The van der Waals surface area contributed by atoms with Crippen LogP contribution < -0.4 is 43.8 Å². The fourth-order valence-corrected chi connectivity index (χ4v) is 5.56. The smallest absolute Gasteiger partial charge is 0.223 e. The Morgan fingerprint density at radius 2 is 0.907 bits per heavy atom. The zero-order valence-electron chi connectivity index (χ0n) is 27.9. The van der Waals surface area contributed by atoms with E-state index in [1.165, 1.54) is 12.8 Å². The predicted molar refractivity (Wildman–Crippen MR) is 181 cm³/mol. The Morgan fingerprint density at radius 3 is 1.35 bits per heavy atom. The standard InChI is InChI=1S/C30H70N12O/c1-34-12-20-40(19-9-33)22-15-37-16-24-41(23-14-36-10-11-38-30(43)29-5-3-4-6-29)26-28-42(21-13-35-2)27-25-39(17-7-31)18-8-32/h29,34-37H,3-28,31-33H2,1-2H3,(H,38,43). The van der Waals surface area contributed by atoms with Crippen molar-refractivity contribution in [2.24, 2.45) is 23.1 Å². The molecular weight excluding hydrogens is 544 g/mol. The van der Waals surface area contributed by atoms with E-state index in [1.54, 1.807) is 0 Å². The summed E-state index contributed by atoms with van der Waals surface area (Å²) in [6.07, 6.45) is 4.48. The first-order valence-corrected chi connectivity index (χ1v) is 17.1. The molecule has 0 aliphatic heterocycles. The van der Waals surface area contributed by atoms with Crippen molar-refractivity contribution in [1.82, 2.24) is 46.2 Å². The Morgan fingerprint density at radius 1 is 0.535 bits per heavy atom. The summed E-state index contributed by atoms with van der Waals surface area (Å²) in [5.41, 5.74) is 17.5. The van der Waals surface area contributed by atoms with Gasteiger partial charge in [-0.25, -0.2) is 0 Å². The summed E-state index contributed by atoms with van der Waals surface area (Å²) >= 11 is 0. The molecular formula is C30H70N12O. The average molecular weight is 615 g/mol. The number of nitrogens with zero attached hydrogens (tertiary/aromatic N) is 4. The topological polar surface area (TPSA) is 168 Å². The van der Waals surface area contributed by atoms with Crippen molar-refractivity contribution in [2.75, 3.05) is 158 Å². The summed E-state index contributed by atoms with van der Waals surface area (Å²) in [4.78, 5) is 22.2. The van der Waals surface area contributed by atoms with Crippen molar-refractivity contribution < 1.29 is 4.79 Å². The van der Waals surface area contributed by atoms with E-state index in [0.717, 1.165) is 131 Å². The van der Waals surface area contributed by atoms with Gasteiger partial charge in [0.25, 0.3) is 0 Å². The van der Waals surface area contributed by atoms with E-state index < -0.39 is 0 Å². The molecule has 0 aromatic carbocycles. The second-order valence-corrected chi connectivity index (χ2v) is 11.7. The Hall–Kier alpha value is -0.970. The molecule has 0 aromatic heterocycles. The molecule has 0 radical (unpaired) electrons. The van der Waals surface area contributed by atoms with E-state index in [-0.39, 0.29) is 11.8 Å². The molecule has 1 saturated carbocycles. The number of likely N-dealkylation sites (N-methyl/N-ethyl adjacent to an activating group) is 2. The lowest BCUT2D eigenvalue weighted by Gasteiger charge is -2.30. The fraction of sp³-hybridized carbons (Fsp3) is 0.967. The van der Waals surface area contributed by atoms with Crippen molar-refractivity contribution in [3.05, 3.63) is 0 Å². The van der Waals surface area contributed by atoms with Crippen LogP contribution in [0.2, 0.25) is 0 Å². The zero-order valence-corrected chi connectivity index (χ0v) is 27.9. The largest absolute Gasteiger partial charge is 0.355 e. The number of carbonyl (C=O) groups excluding carboxylic acids is 1. The summed E-state index contributed by atoms with van der Waals surface area (Å²) in [6, 6.07) is 0. The number of amides is 1. The number of hydrogen-bond donors (Lipinski definition) is 8.